The third-order valence-electron chi connectivity index (χ3n) is 4.70. The van der Waals surface area contributed by atoms with Crippen molar-refractivity contribution in [1.29, 1.82) is 5.41 Å². The first kappa shape index (κ1) is 21.6. The van der Waals surface area contributed by atoms with E-state index in [1.165, 1.54) is 6.92 Å². The van der Waals surface area contributed by atoms with E-state index < -0.39 is 0 Å². The first-order valence-electron chi connectivity index (χ1n) is 9.57. The van der Waals surface area contributed by atoms with Gasteiger partial charge in [-0.2, -0.15) is 5.10 Å². The summed E-state index contributed by atoms with van der Waals surface area (Å²) < 4.78 is 0. The number of aromatic nitrogens is 3. The lowest BCUT2D eigenvalue weighted by atomic mass is 9.73. The standard InChI is InChI=1S/C20H23N7O2S/c1-12(28)24-20(22)30-19(21)14-8-13(9-14)10-16-5-6-17(27-26-16)25-18(29)11-15-4-2-3-7-23-15/h2-7,13-14,21H,8-11H2,1H3,(H2,22,24,28)(H,25,27,29)/p+1. The average Bonchev–Trinajstić information content (AvgIpc) is 2.65. The lowest BCUT2D eigenvalue weighted by molar-refractivity contribution is -0.118. The molecule has 0 saturated heterocycles. The summed E-state index contributed by atoms with van der Waals surface area (Å²) in [5.74, 6) is 0.625. The van der Waals surface area contributed by atoms with Gasteiger partial charge >= 0.3 is 0 Å². The number of pyridine rings is 1. The Hall–Kier alpha value is -3.14. The first-order valence-corrected chi connectivity index (χ1v) is 10.4. The molecule has 1 aliphatic carbocycles. The zero-order valence-electron chi connectivity index (χ0n) is 16.6. The van der Waals surface area contributed by atoms with Gasteiger partial charge in [0.25, 0.3) is 0 Å². The van der Waals surface area contributed by atoms with Crippen LogP contribution in [0.15, 0.2) is 36.5 Å². The van der Waals surface area contributed by atoms with Crippen LogP contribution in [0.5, 0.6) is 0 Å². The van der Waals surface area contributed by atoms with E-state index in [4.69, 9.17) is 10.8 Å². The number of nitrogens with zero attached hydrogens (tertiary/aromatic N) is 3. The van der Waals surface area contributed by atoms with Crippen molar-refractivity contribution in [2.45, 2.75) is 32.6 Å². The molecule has 1 aliphatic rings. The van der Waals surface area contributed by atoms with Gasteiger partial charge < -0.3 is 10.6 Å². The predicted octanol–water partition coefficient (Wildman–Crippen LogP) is 0.583. The first-order chi connectivity index (χ1) is 14.4. The van der Waals surface area contributed by atoms with Crippen LogP contribution in [-0.2, 0) is 22.4 Å². The van der Waals surface area contributed by atoms with Crippen LogP contribution in [0.3, 0.4) is 0 Å². The van der Waals surface area contributed by atoms with Crippen LogP contribution >= 0.6 is 11.8 Å². The second kappa shape index (κ2) is 10.1. The molecule has 5 N–H and O–H groups in total. The van der Waals surface area contributed by atoms with Crippen molar-refractivity contribution in [2.75, 3.05) is 5.32 Å². The number of carbonyl (C=O) groups excluding carboxylic acids is 2. The Kier molecular flexibility index (Phi) is 7.23. The molecule has 9 nitrogen and oxygen atoms in total. The second-order valence-corrected chi connectivity index (χ2v) is 8.29. The van der Waals surface area contributed by atoms with Gasteiger partial charge in [0, 0.05) is 30.6 Å². The number of carbonyl (C=O) groups is 2. The fraction of sp³-hybridized carbons (Fsp3) is 0.350. The number of nitrogens with two attached hydrogens (primary N) is 1. The summed E-state index contributed by atoms with van der Waals surface area (Å²) in [7, 11) is 0. The van der Waals surface area contributed by atoms with Gasteiger partial charge in [-0.15, -0.1) is 5.10 Å². The van der Waals surface area contributed by atoms with E-state index in [-0.39, 0.29) is 29.3 Å². The normalized spacial score (nSPS) is 17.5. The monoisotopic (exact) mass is 426 g/mol. The molecule has 0 radical (unpaired) electrons. The summed E-state index contributed by atoms with van der Waals surface area (Å²) in [6.45, 7) is 1.36. The molecule has 2 heterocycles. The Bertz CT molecular complexity index is 928. The molecule has 2 amide bonds. The summed E-state index contributed by atoms with van der Waals surface area (Å²) in [4.78, 5) is 27.1. The average molecular weight is 427 g/mol. The molecule has 156 valence electrons. The van der Waals surface area contributed by atoms with Gasteiger partial charge in [0.2, 0.25) is 16.9 Å². The predicted molar refractivity (Wildman–Crippen MR) is 115 cm³/mol. The van der Waals surface area contributed by atoms with E-state index >= 15 is 0 Å². The van der Waals surface area contributed by atoms with Crippen molar-refractivity contribution in [3.63, 3.8) is 0 Å². The molecule has 10 heteroatoms. The number of amidine groups is 1. The van der Waals surface area contributed by atoms with E-state index in [1.807, 2.05) is 12.1 Å². The van der Waals surface area contributed by atoms with Gasteiger partial charge in [0.1, 0.15) is 0 Å². The van der Waals surface area contributed by atoms with Gasteiger partial charge in [-0.25, -0.2) is 0 Å². The largest absolute Gasteiger partial charge is 0.309 e. The Morgan fingerprint density at radius 1 is 1.20 bits per heavy atom. The number of nitrogens with one attached hydrogen (secondary N) is 3. The van der Waals surface area contributed by atoms with Crippen LogP contribution in [0.2, 0.25) is 0 Å². The molecule has 0 bridgehead atoms. The zero-order valence-corrected chi connectivity index (χ0v) is 17.4. The van der Waals surface area contributed by atoms with Gasteiger partial charge in [-0.05, 0) is 49.4 Å². The van der Waals surface area contributed by atoms with E-state index in [1.54, 1.807) is 24.4 Å². The molecule has 0 spiro atoms. The van der Waals surface area contributed by atoms with Crippen molar-refractivity contribution in [1.82, 2.24) is 20.5 Å². The van der Waals surface area contributed by atoms with Gasteiger partial charge in [-0.3, -0.25) is 25.4 Å². The van der Waals surface area contributed by atoms with E-state index in [9.17, 15) is 9.59 Å². The van der Waals surface area contributed by atoms with E-state index in [2.05, 4.69) is 25.8 Å². The molecule has 0 aromatic carbocycles. The number of amides is 2. The minimum atomic E-state index is -0.276. The Morgan fingerprint density at radius 3 is 2.63 bits per heavy atom. The third kappa shape index (κ3) is 6.45. The quantitative estimate of drug-likeness (QED) is 0.393. The Morgan fingerprint density at radius 2 is 2.00 bits per heavy atom. The van der Waals surface area contributed by atoms with Crippen molar-refractivity contribution in [2.24, 2.45) is 11.8 Å². The molecule has 1 saturated carbocycles. The zero-order chi connectivity index (χ0) is 21.5. The molecular weight excluding hydrogens is 402 g/mol. The van der Waals surface area contributed by atoms with Crippen LogP contribution in [0.25, 0.3) is 0 Å². The van der Waals surface area contributed by atoms with Gasteiger partial charge in [-0.1, -0.05) is 6.07 Å². The molecule has 2 aromatic heterocycles. The minimum Gasteiger partial charge on any atom is -0.309 e. The lowest BCUT2D eigenvalue weighted by Crippen LogP contribution is -2.48. The van der Waals surface area contributed by atoms with Crippen LogP contribution in [0.1, 0.15) is 31.2 Å². The van der Waals surface area contributed by atoms with Crippen molar-refractivity contribution < 1.29 is 15.0 Å². The molecule has 3 rings (SSSR count). The number of anilines is 1. The molecule has 0 unspecified atom stereocenters. The maximum absolute atomic E-state index is 12.1. The summed E-state index contributed by atoms with van der Waals surface area (Å²) in [6, 6.07) is 9.06. The molecule has 0 aliphatic heterocycles. The van der Waals surface area contributed by atoms with Crippen LogP contribution < -0.4 is 16.0 Å². The van der Waals surface area contributed by atoms with Gasteiger partial charge in [0.05, 0.1) is 18.0 Å². The Labute approximate surface area is 178 Å². The van der Waals surface area contributed by atoms with Crippen molar-refractivity contribution in [3.8, 4) is 0 Å². The molecule has 0 atom stereocenters. The highest BCUT2D eigenvalue weighted by Gasteiger charge is 2.36. The number of rotatable bonds is 6. The highest BCUT2D eigenvalue weighted by Crippen LogP contribution is 2.38. The summed E-state index contributed by atoms with van der Waals surface area (Å²) >= 11 is 1.10. The number of hydrogen-bond donors (Lipinski definition) is 4. The minimum absolute atomic E-state index is 0.0509. The highest BCUT2D eigenvalue weighted by molar-refractivity contribution is 8.26. The Balaban J connectivity index is 1.40. The molecule has 1 fully saturated rings. The number of hydrogen-bond acceptors (Lipinski definition) is 7. The molecule has 30 heavy (non-hydrogen) atoms. The van der Waals surface area contributed by atoms with E-state index in [0.717, 1.165) is 36.7 Å². The van der Waals surface area contributed by atoms with Crippen molar-refractivity contribution >= 4 is 39.6 Å². The maximum atomic E-state index is 12.1. The molecular formula is C20H24N7O2S+. The van der Waals surface area contributed by atoms with E-state index in [0.29, 0.717) is 22.5 Å². The topological polar surface area (TPSA) is 146 Å². The van der Waals surface area contributed by atoms with Crippen molar-refractivity contribution in [3.05, 3.63) is 47.9 Å². The summed E-state index contributed by atoms with van der Waals surface area (Å²) in [5.41, 5.74) is 1.55. The fourth-order valence-electron chi connectivity index (χ4n) is 3.21. The fourth-order valence-corrected chi connectivity index (χ4v) is 4.00. The van der Waals surface area contributed by atoms with Crippen LogP contribution in [-0.4, -0.2) is 37.2 Å². The van der Waals surface area contributed by atoms with Crippen LogP contribution in [0, 0.1) is 17.2 Å². The second-order valence-electron chi connectivity index (χ2n) is 7.21. The lowest BCUT2D eigenvalue weighted by Gasteiger charge is -2.32. The highest BCUT2D eigenvalue weighted by atomic mass is 32.2. The van der Waals surface area contributed by atoms with Crippen LogP contribution in [0.4, 0.5) is 5.82 Å². The smallest absolute Gasteiger partial charge is 0.231 e. The maximum Gasteiger partial charge on any atom is 0.231 e. The SMILES string of the molecule is CC(=O)NC(=N)SC(=[NH2+])C1CC(Cc2ccc(NC(=O)Cc3ccccn3)nn2)C1. The third-order valence-corrected chi connectivity index (χ3v) is 5.58. The summed E-state index contributed by atoms with van der Waals surface area (Å²) in [5, 5.41) is 27.9. The van der Waals surface area contributed by atoms with Gasteiger partial charge in [0.15, 0.2) is 11.0 Å². The summed E-state index contributed by atoms with van der Waals surface area (Å²) in [6.07, 6.45) is 4.45. The number of thioether (sulfide) groups is 1. The molecule has 2 aromatic rings.